The molecule has 2 N–H and O–H groups in total. The van der Waals surface area contributed by atoms with E-state index in [1.807, 2.05) is 0 Å². The number of nitrogens with one attached hydrogen (secondary N) is 1. The van der Waals surface area contributed by atoms with Crippen LogP contribution in [0.4, 0.5) is 5.69 Å². The maximum Gasteiger partial charge on any atom is 0.325 e. The maximum absolute atomic E-state index is 11.6. The topological polar surface area (TPSA) is 102 Å². The van der Waals surface area contributed by atoms with Gasteiger partial charge >= 0.3 is 5.97 Å². The Hall–Kier alpha value is -1.83. The SMILES string of the molecule is COC(=O)CNC(=O)c1ccc(N([O-])O)cc1Cl. The Morgan fingerprint density at radius 2 is 2.22 bits per heavy atom. The monoisotopic (exact) mass is 273 g/mol. The highest BCUT2D eigenvalue weighted by Gasteiger charge is 2.12. The quantitative estimate of drug-likeness (QED) is 0.625. The van der Waals surface area contributed by atoms with Gasteiger partial charge in [-0.05, 0) is 18.2 Å². The molecule has 0 heterocycles. The fourth-order valence-electron chi connectivity index (χ4n) is 1.13. The lowest BCUT2D eigenvalue weighted by atomic mass is 10.2. The van der Waals surface area contributed by atoms with Crippen molar-refractivity contribution in [1.82, 2.24) is 5.32 Å². The molecule has 0 aliphatic heterocycles. The van der Waals surface area contributed by atoms with Crippen molar-refractivity contribution in [2.75, 3.05) is 18.9 Å². The van der Waals surface area contributed by atoms with Crippen LogP contribution in [-0.2, 0) is 9.53 Å². The first kappa shape index (κ1) is 14.2. The Morgan fingerprint density at radius 3 is 2.72 bits per heavy atom. The summed E-state index contributed by atoms with van der Waals surface area (Å²) in [6.45, 7) is -0.291. The summed E-state index contributed by atoms with van der Waals surface area (Å²) in [4.78, 5) is 22.4. The minimum Gasteiger partial charge on any atom is -0.733 e. The molecular formula is C10H10ClN2O5-. The van der Waals surface area contributed by atoms with Gasteiger partial charge in [-0.2, -0.15) is 0 Å². The van der Waals surface area contributed by atoms with Crippen LogP contribution >= 0.6 is 11.6 Å². The highest BCUT2D eigenvalue weighted by Crippen LogP contribution is 2.22. The van der Waals surface area contributed by atoms with Crippen molar-refractivity contribution in [1.29, 1.82) is 0 Å². The van der Waals surface area contributed by atoms with Gasteiger partial charge in [0, 0.05) is 0 Å². The molecule has 1 rings (SSSR count). The predicted molar refractivity (Wildman–Crippen MR) is 63.4 cm³/mol. The zero-order valence-corrected chi connectivity index (χ0v) is 10.1. The predicted octanol–water partition coefficient (Wildman–Crippen LogP) is 0.936. The van der Waals surface area contributed by atoms with Crippen LogP contribution in [0.3, 0.4) is 0 Å². The Labute approximate surface area is 107 Å². The number of halogens is 1. The third-order valence-electron chi connectivity index (χ3n) is 2.04. The second kappa shape index (κ2) is 6.20. The van der Waals surface area contributed by atoms with Crippen LogP contribution in [0.1, 0.15) is 10.4 Å². The first-order chi connectivity index (χ1) is 8.45. The summed E-state index contributed by atoms with van der Waals surface area (Å²) in [6.07, 6.45) is 0. The molecule has 8 heteroatoms. The second-order valence-corrected chi connectivity index (χ2v) is 3.60. The number of rotatable bonds is 4. The lowest BCUT2D eigenvalue weighted by Gasteiger charge is -2.22. The molecule has 0 bridgehead atoms. The maximum atomic E-state index is 11.6. The van der Waals surface area contributed by atoms with Gasteiger partial charge in [0.1, 0.15) is 6.54 Å². The van der Waals surface area contributed by atoms with E-state index >= 15 is 0 Å². The Bertz CT molecular complexity index is 464. The van der Waals surface area contributed by atoms with E-state index in [0.717, 1.165) is 6.07 Å². The first-order valence-corrected chi connectivity index (χ1v) is 5.14. The Kier molecular flexibility index (Phi) is 4.90. The molecule has 1 aromatic carbocycles. The number of hydrogen-bond donors (Lipinski definition) is 2. The largest absolute Gasteiger partial charge is 0.733 e. The van der Waals surface area contributed by atoms with E-state index in [9.17, 15) is 14.8 Å². The van der Waals surface area contributed by atoms with Crippen molar-refractivity contribution in [3.05, 3.63) is 34.0 Å². The molecule has 0 unspecified atom stereocenters. The number of amides is 1. The zero-order chi connectivity index (χ0) is 13.7. The van der Waals surface area contributed by atoms with Crippen LogP contribution in [0, 0.1) is 5.21 Å². The summed E-state index contributed by atoms with van der Waals surface area (Å²) < 4.78 is 4.35. The van der Waals surface area contributed by atoms with E-state index in [1.165, 1.54) is 19.2 Å². The number of methoxy groups -OCH3 is 1. The molecule has 98 valence electrons. The van der Waals surface area contributed by atoms with E-state index in [0.29, 0.717) is 0 Å². The van der Waals surface area contributed by atoms with Crippen molar-refractivity contribution in [3.8, 4) is 0 Å². The van der Waals surface area contributed by atoms with Gasteiger partial charge < -0.3 is 20.5 Å². The lowest BCUT2D eigenvalue weighted by molar-refractivity contribution is -0.139. The van der Waals surface area contributed by atoms with E-state index < -0.39 is 11.9 Å². The molecule has 7 nitrogen and oxygen atoms in total. The van der Waals surface area contributed by atoms with Gasteiger partial charge in [-0.3, -0.25) is 14.8 Å². The van der Waals surface area contributed by atoms with Crippen molar-refractivity contribution in [3.63, 3.8) is 0 Å². The number of benzene rings is 1. The molecule has 0 aromatic heterocycles. The second-order valence-electron chi connectivity index (χ2n) is 3.20. The molecule has 18 heavy (non-hydrogen) atoms. The number of carbonyl (C=O) groups is 2. The van der Waals surface area contributed by atoms with Gasteiger partial charge in [-0.1, -0.05) is 11.6 Å². The number of ether oxygens (including phenoxy) is 1. The number of carbonyl (C=O) groups excluding carboxylic acids is 2. The number of anilines is 1. The molecule has 0 saturated carbocycles. The van der Waals surface area contributed by atoms with Gasteiger partial charge in [-0.25, -0.2) is 0 Å². The summed E-state index contributed by atoms with van der Waals surface area (Å²) in [5.74, 6) is -1.19. The summed E-state index contributed by atoms with van der Waals surface area (Å²) in [7, 11) is 1.19. The standard InChI is InChI=1S/C10H10ClN2O5/c1-18-9(14)5-12-10(15)7-3-2-6(13(16)17)4-8(7)11/h2-4,16H,5H2,1H3,(H,12,15)/q-1. The van der Waals surface area contributed by atoms with E-state index in [1.54, 1.807) is 0 Å². The third-order valence-corrected chi connectivity index (χ3v) is 2.35. The summed E-state index contributed by atoms with van der Waals surface area (Å²) >= 11 is 5.76. The van der Waals surface area contributed by atoms with Crippen LogP contribution in [0.25, 0.3) is 0 Å². The van der Waals surface area contributed by atoms with Crippen molar-refractivity contribution in [2.45, 2.75) is 0 Å². The molecule has 0 fully saturated rings. The van der Waals surface area contributed by atoms with Gasteiger partial charge in [0.15, 0.2) is 0 Å². The summed E-state index contributed by atoms with van der Waals surface area (Å²) in [5.41, 5.74) is -0.0318. The van der Waals surface area contributed by atoms with Crippen LogP contribution in [0.5, 0.6) is 0 Å². The van der Waals surface area contributed by atoms with E-state index in [4.69, 9.17) is 16.8 Å². The highest BCUT2D eigenvalue weighted by molar-refractivity contribution is 6.34. The third kappa shape index (κ3) is 3.59. The minimum absolute atomic E-state index is 0.0234. The Morgan fingerprint density at radius 1 is 1.56 bits per heavy atom. The van der Waals surface area contributed by atoms with Crippen molar-refractivity contribution >= 4 is 29.2 Å². The summed E-state index contributed by atoms with van der Waals surface area (Å²) in [5, 5.41) is 21.1. The van der Waals surface area contributed by atoms with Crippen molar-refractivity contribution in [2.24, 2.45) is 0 Å². The Balaban J connectivity index is 2.77. The van der Waals surface area contributed by atoms with Crippen LogP contribution in [0.15, 0.2) is 18.2 Å². The van der Waals surface area contributed by atoms with Crippen LogP contribution in [0.2, 0.25) is 5.02 Å². The molecule has 1 amide bonds. The lowest BCUT2D eigenvalue weighted by Crippen LogP contribution is -2.30. The molecule has 0 atom stereocenters. The van der Waals surface area contributed by atoms with E-state index in [-0.39, 0.29) is 28.0 Å². The molecule has 1 aromatic rings. The molecule has 0 radical (unpaired) electrons. The zero-order valence-electron chi connectivity index (χ0n) is 9.34. The fourth-order valence-corrected chi connectivity index (χ4v) is 1.39. The first-order valence-electron chi connectivity index (χ1n) is 4.76. The minimum atomic E-state index is -0.600. The van der Waals surface area contributed by atoms with Gasteiger partial charge in [0.2, 0.25) is 0 Å². The molecule has 0 saturated heterocycles. The number of hydrogen-bond acceptors (Lipinski definition) is 6. The molecular weight excluding hydrogens is 264 g/mol. The summed E-state index contributed by atoms with van der Waals surface area (Å²) in [6, 6.07) is 3.60. The molecule has 0 aliphatic carbocycles. The molecule has 0 spiro atoms. The van der Waals surface area contributed by atoms with Crippen LogP contribution in [-0.4, -0.2) is 30.7 Å². The molecule has 0 aliphatic rings. The van der Waals surface area contributed by atoms with Gasteiger partial charge in [0.25, 0.3) is 5.91 Å². The normalized spacial score (nSPS) is 9.78. The highest BCUT2D eigenvalue weighted by atomic mass is 35.5. The average Bonchev–Trinajstić information content (AvgIpc) is 2.35. The van der Waals surface area contributed by atoms with Gasteiger partial charge in [0.05, 0.1) is 23.4 Å². The van der Waals surface area contributed by atoms with E-state index in [2.05, 4.69) is 10.1 Å². The number of esters is 1. The number of nitrogens with zero attached hydrogens (tertiary/aromatic N) is 1. The van der Waals surface area contributed by atoms with Gasteiger partial charge in [-0.15, -0.1) is 0 Å². The van der Waals surface area contributed by atoms with Crippen LogP contribution < -0.4 is 10.5 Å². The average molecular weight is 274 g/mol. The fraction of sp³-hybridized carbons (Fsp3) is 0.200. The smallest absolute Gasteiger partial charge is 0.325 e. The van der Waals surface area contributed by atoms with Crippen molar-refractivity contribution < 1.29 is 19.5 Å².